The molecule has 3 aliphatic rings. The van der Waals surface area contributed by atoms with Crippen LogP contribution in [0.4, 0.5) is 13.2 Å². The molecule has 3 fully saturated rings. The molecule has 134 valence electrons. The number of carbonyl (C=O) groups excluding carboxylic acids is 1. The van der Waals surface area contributed by atoms with Gasteiger partial charge in [-0.3, -0.25) is 9.89 Å². The zero-order valence-corrected chi connectivity index (χ0v) is 13.5. The van der Waals surface area contributed by atoms with E-state index < -0.39 is 6.36 Å². The number of aromatic nitrogens is 2. The summed E-state index contributed by atoms with van der Waals surface area (Å²) >= 11 is 0. The first kappa shape index (κ1) is 16.4. The summed E-state index contributed by atoms with van der Waals surface area (Å²) in [4.78, 5) is 15.1. The molecule has 8 heteroatoms. The number of carbonyl (C=O) groups is 1. The van der Waals surface area contributed by atoms with Crippen LogP contribution in [0.15, 0.2) is 18.2 Å². The number of aromatic amines is 1. The van der Waals surface area contributed by atoms with Crippen LogP contribution in [-0.4, -0.2) is 46.9 Å². The van der Waals surface area contributed by atoms with E-state index in [0.717, 1.165) is 32.5 Å². The van der Waals surface area contributed by atoms with Crippen molar-refractivity contribution in [1.29, 1.82) is 0 Å². The summed E-state index contributed by atoms with van der Waals surface area (Å²) < 4.78 is 41.5. The van der Waals surface area contributed by atoms with Crippen LogP contribution in [0.3, 0.4) is 0 Å². The third kappa shape index (κ3) is 3.22. The molecule has 3 aliphatic heterocycles. The summed E-state index contributed by atoms with van der Waals surface area (Å²) in [5.41, 5.74) is 0.288. The molecule has 1 atom stereocenters. The van der Waals surface area contributed by atoms with Gasteiger partial charge in [-0.25, -0.2) is 0 Å². The molecule has 1 N–H and O–H groups in total. The van der Waals surface area contributed by atoms with Crippen molar-refractivity contribution in [1.82, 2.24) is 15.1 Å². The third-order valence-electron chi connectivity index (χ3n) is 5.29. The van der Waals surface area contributed by atoms with E-state index in [2.05, 4.69) is 19.8 Å². The Morgan fingerprint density at radius 2 is 2.08 bits per heavy atom. The first-order chi connectivity index (χ1) is 11.9. The van der Waals surface area contributed by atoms with Crippen molar-refractivity contribution in [2.24, 2.45) is 11.8 Å². The van der Waals surface area contributed by atoms with Crippen LogP contribution in [-0.2, 0) is 0 Å². The Balaban J connectivity index is 1.57. The molecular formula is C17H18F3N3O2. The molecule has 0 amide bonds. The Morgan fingerprint density at radius 3 is 2.72 bits per heavy atom. The molecule has 5 nitrogen and oxygen atoms in total. The molecule has 2 bridgehead atoms. The van der Waals surface area contributed by atoms with Gasteiger partial charge in [0.15, 0.2) is 11.5 Å². The molecule has 25 heavy (non-hydrogen) atoms. The lowest BCUT2D eigenvalue weighted by Gasteiger charge is -2.44. The van der Waals surface area contributed by atoms with Crippen molar-refractivity contribution in [2.45, 2.75) is 25.6 Å². The number of hydrogen-bond acceptors (Lipinski definition) is 4. The SMILES string of the molecule is O=C(C[C@H]1CN2CCC1CC2)c1n[nH]c2c(OC(F)(F)F)cccc12. The number of nitrogens with zero attached hydrogens (tertiary/aromatic N) is 2. The number of alkyl halides is 3. The van der Waals surface area contributed by atoms with Gasteiger partial charge in [-0.1, -0.05) is 12.1 Å². The van der Waals surface area contributed by atoms with E-state index in [1.54, 1.807) is 6.07 Å². The highest BCUT2D eigenvalue weighted by molar-refractivity contribution is 6.07. The van der Waals surface area contributed by atoms with E-state index in [1.807, 2.05) is 0 Å². The van der Waals surface area contributed by atoms with Crippen LogP contribution >= 0.6 is 0 Å². The summed E-state index contributed by atoms with van der Waals surface area (Å²) in [7, 11) is 0. The number of hydrogen-bond donors (Lipinski definition) is 1. The molecule has 5 rings (SSSR count). The fraction of sp³-hybridized carbons (Fsp3) is 0.529. The highest BCUT2D eigenvalue weighted by Gasteiger charge is 2.36. The lowest BCUT2D eigenvalue weighted by Crippen LogP contribution is -2.47. The number of para-hydroxylation sites is 1. The maximum atomic E-state index is 12.7. The van der Waals surface area contributed by atoms with Gasteiger partial charge in [0.2, 0.25) is 0 Å². The van der Waals surface area contributed by atoms with Crippen molar-refractivity contribution >= 4 is 16.7 Å². The van der Waals surface area contributed by atoms with Crippen molar-refractivity contribution in [2.75, 3.05) is 19.6 Å². The number of halogens is 3. The monoisotopic (exact) mass is 353 g/mol. The number of ether oxygens (including phenoxy) is 1. The van der Waals surface area contributed by atoms with E-state index >= 15 is 0 Å². The Hall–Kier alpha value is -2.09. The molecule has 0 radical (unpaired) electrons. The second-order valence-electron chi connectivity index (χ2n) is 6.82. The lowest BCUT2D eigenvalue weighted by atomic mass is 9.76. The second kappa shape index (κ2) is 6.01. The number of benzene rings is 1. The summed E-state index contributed by atoms with van der Waals surface area (Å²) in [6.45, 7) is 3.11. The number of H-pyrrole nitrogens is 1. The first-order valence-electron chi connectivity index (χ1n) is 8.39. The Kier molecular flexibility index (Phi) is 3.94. The van der Waals surface area contributed by atoms with Gasteiger partial charge in [0, 0.05) is 18.4 Å². The maximum absolute atomic E-state index is 12.7. The molecule has 2 aromatic rings. The standard InChI is InChI=1S/C17H18F3N3O2/c18-17(19,20)25-14-3-1-2-12-15(21-22-16(12)14)13(24)8-11-9-23-6-4-10(11)5-7-23/h1-3,10-11H,4-9H2,(H,21,22)/t11-/m0/s1. The average Bonchev–Trinajstić information content (AvgIpc) is 3.00. The van der Waals surface area contributed by atoms with Crippen molar-refractivity contribution in [3.63, 3.8) is 0 Å². The number of fused-ring (bicyclic) bond motifs is 4. The summed E-state index contributed by atoms with van der Waals surface area (Å²) in [6, 6.07) is 4.23. The quantitative estimate of drug-likeness (QED) is 0.856. The van der Waals surface area contributed by atoms with Crippen LogP contribution in [0.1, 0.15) is 29.8 Å². The zero-order chi connectivity index (χ0) is 17.6. The van der Waals surface area contributed by atoms with Crippen LogP contribution < -0.4 is 4.74 Å². The van der Waals surface area contributed by atoms with Crippen molar-refractivity contribution in [3.05, 3.63) is 23.9 Å². The Labute approximate surface area is 142 Å². The molecule has 1 aromatic heterocycles. The highest BCUT2D eigenvalue weighted by Crippen LogP contribution is 2.36. The predicted octanol–water partition coefficient (Wildman–Crippen LogP) is 3.38. The summed E-state index contributed by atoms with van der Waals surface area (Å²) in [6.07, 6.45) is -2.18. The minimum Gasteiger partial charge on any atom is -0.403 e. The van der Waals surface area contributed by atoms with Gasteiger partial charge < -0.3 is 9.64 Å². The van der Waals surface area contributed by atoms with E-state index in [1.165, 1.54) is 12.1 Å². The fourth-order valence-electron chi connectivity index (χ4n) is 4.09. The number of piperidine rings is 3. The maximum Gasteiger partial charge on any atom is 0.573 e. The van der Waals surface area contributed by atoms with Crippen LogP contribution in [0.5, 0.6) is 5.75 Å². The van der Waals surface area contributed by atoms with Gasteiger partial charge in [-0.2, -0.15) is 5.10 Å². The number of rotatable bonds is 4. The molecule has 4 heterocycles. The largest absolute Gasteiger partial charge is 0.573 e. The molecular weight excluding hydrogens is 335 g/mol. The predicted molar refractivity (Wildman–Crippen MR) is 84.4 cm³/mol. The number of Topliss-reactive ketones (excluding diaryl/α,β-unsaturated/α-hetero) is 1. The minimum atomic E-state index is -4.79. The highest BCUT2D eigenvalue weighted by atomic mass is 19.4. The normalized spacial score (nSPS) is 26.1. The molecule has 1 aromatic carbocycles. The zero-order valence-electron chi connectivity index (χ0n) is 13.5. The first-order valence-corrected chi connectivity index (χ1v) is 8.39. The third-order valence-corrected chi connectivity index (χ3v) is 5.29. The number of ketones is 1. The van der Waals surface area contributed by atoms with Crippen molar-refractivity contribution in [3.8, 4) is 5.75 Å². The molecule has 3 saturated heterocycles. The van der Waals surface area contributed by atoms with Gasteiger partial charge in [-0.15, -0.1) is 13.2 Å². The summed E-state index contributed by atoms with van der Waals surface area (Å²) in [5.74, 6) is 0.355. The van der Waals surface area contributed by atoms with Gasteiger partial charge in [-0.05, 0) is 43.8 Å². The molecule has 0 aliphatic carbocycles. The van der Waals surface area contributed by atoms with Gasteiger partial charge in [0.25, 0.3) is 0 Å². The number of nitrogens with one attached hydrogen (secondary N) is 1. The second-order valence-corrected chi connectivity index (χ2v) is 6.82. The summed E-state index contributed by atoms with van der Waals surface area (Å²) in [5, 5.41) is 6.87. The smallest absolute Gasteiger partial charge is 0.403 e. The van der Waals surface area contributed by atoms with Gasteiger partial charge in [0.05, 0.1) is 0 Å². The van der Waals surface area contributed by atoms with E-state index in [-0.39, 0.29) is 22.7 Å². The minimum absolute atomic E-state index is 0.0945. The molecule has 0 unspecified atom stereocenters. The van der Waals surface area contributed by atoms with Gasteiger partial charge >= 0.3 is 6.36 Å². The fourth-order valence-corrected chi connectivity index (χ4v) is 4.09. The Morgan fingerprint density at radius 1 is 1.32 bits per heavy atom. The van der Waals surface area contributed by atoms with Crippen LogP contribution in [0.2, 0.25) is 0 Å². The average molecular weight is 353 g/mol. The van der Waals surface area contributed by atoms with Crippen molar-refractivity contribution < 1.29 is 22.7 Å². The van der Waals surface area contributed by atoms with E-state index in [0.29, 0.717) is 23.6 Å². The van der Waals surface area contributed by atoms with Crippen LogP contribution in [0, 0.1) is 11.8 Å². The van der Waals surface area contributed by atoms with E-state index in [4.69, 9.17) is 0 Å². The van der Waals surface area contributed by atoms with E-state index in [9.17, 15) is 18.0 Å². The topological polar surface area (TPSA) is 58.2 Å². The lowest BCUT2D eigenvalue weighted by molar-refractivity contribution is -0.274. The van der Waals surface area contributed by atoms with Crippen LogP contribution in [0.25, 0.3) is 10.9 Å². The molecule has 0 spiro atoms. The Bertz CT molecular complexity index is 794. The molecule has 0 saturated carbocycles. The van der Waals surface area contributed by atoms with Gasteiger partial charge in [0.1, 0.15) is 11.2 Å².